The molecule has 0 bridgehead atoms. The summed E-state index contributed by atoms with van der Waals surface area (Å²) < 4.78 is 1.78. The Balaban J connectivity index is 1.07. The number of aromatic nitrogens is 6. The Morgan fingerprint density at radius 1 is 0.979 bits per heavy atom. The van der Waals surface area contributed by atoms with Crippen molar-refractivity contribution in [2.24, 2.45) is 7.05 Å². The summed E-state index contributed by atoms with van der Waals surface area (Å²) in [5.74, 6) is 0.484. The van der Waals surface area contributed by atoms with E-state index in [0.29, 0.717) is 23.8 Å². The predicted molar refractivity (Wildman–Crippen MR) is 181 cm³/mol. The van der Waals surface area contributed by atoms with E-state index in [1.54, 1.807) is 17.1 Å². The van der Waals surface area contributed by atoms with Crippen LogP contribution in [-0.2, 0) is 13.6 Å². The number of nitriles is 1. The minimum Gasteiger partial charge on any atom is -0.351 e. The van der Waals surface area contributed by atoms with Crippen LogP contribution < -0.4 is 15.5 Å². The molecule has 0 atom stereocenters. The Kier molecular flexibility index (Phi) is 8.30. The average molecular weight is 623 g/mol. The predicted octanol–water partition coefficient (Wildman–Crippen LogP) is 6.43. The number of hydrogen-bond donors (Lipinski definition) is 3. The van der Waals surface area contributed by atoms with Crippen LogP contribution in [0.2, 0.25) is 0 Å². The number of fused-ring (bicyclic) bond motifs is 1. The molecule has 6 aromatic rings. The van der Waals surface area contributed by atoms with E-state index in [9.17, 15) is 10.1 Å². The lowest BCUT2D eigenvalue weighted by atomic mass is 9.90. The molecule has 234 valence electrons. The first kappa shape index (κ1) is 29.7. The Morgan fingerprint density at radius 3 is 2.51 bits per heavy atom. The van der Waals surface area contributed by atoms with Crippen molar-refractivity contribution in [1.29, 1.82) is 5.26 Å². The molecule has 11 heteroatoms. The van der Waals surface area contributed by atoms with E-state index in [1.165, 1.54) is 0 Å². The smallest absolute Gasteiger partial charge is 0.322 e. The normalized spacial score (nSPS) is 16.0. The molecule has 3 N–H and O–H groups in total. The highest BCUT2D eigenvalue weighted by molar-refractivity contribution is 5.93. The van der Waals surface area contributed by atoms with Gasteiger partial charge in [0.15, 0.2) is 0 Å². The van der Waals surface area contributed by atoms with Gasteiger partial charge in [0.05, 0.1) is 35.4 Å². The molecule has 2 amide bonds. The summed E-state index contributed by atoms with van der Waals surface area (Å²) in [7, 11) is 1.90. The Labute approximate surface area is 272 Å². The number of hydrogen-bond acceptors (Lipinski definition) is 7. The van der Waals surface area contributed by atoms with Crippen molar-refractivity contribution in [1.82, 2.24) is 35.3 Å². The number of benzene rings is 3. The van der Waals surface area contributed by atoms with Crippen LogP contribution in [0.3, 0.4) is 0 Å². The zero-order valence-electron chi connectivity index (χ0n) is 26.0. The molecular formula is C36H34N10O. The second-order valence-corrected chi connectivity index (χ2v) is 11.9. The first-order chi connectivity index (χ1) is 23.0. The maximum absolute atomic E-state index is 13.8. The maximum Gasteiger partial charge on any atom is 0.322 e. The molecule has 1 fully saturated rings. The molecule has 3 aromatic heterocycles. The summed E-state index contributed by atoms with van der Waals surface area (Å²) in [6.45, 7) is 0.451. The first-order valence-electron chi connectivity index (χ1n) is 15.7. The number of carbonyl (C=O) groups excluding carboxylic acids is 1. The number of urea groups is 1. The van der Waals surface area contributed by atoms with Gasteiger partial charge in [-0.2, -0.15) is 15.5 Å². The highest BCUT2D eigenvalue weighted by Crippen LogP contribution is 2.32. The third-order valence-electron chi connectivity index (χ3n) is 8.71. The van der Waals surface area contributed by atoms with Crippen LogP contribution in [-0.4, -0.2) is 48.1 Å². The van der Waals surface area contributed by atoms with Crippen molar-refractivity contribution in [3.8, 4) is 28.5 Å². The molecule has 1 aliphatic rings. The quantitative estimate of drug-likeness (QED) is 0.178. The summed E-state index contributed by atoms with van der Waals surface area (Å²) in [6, 6.07) is 26.1. The third kappa shape index (κ3) is 6.53. The maximum atomic E-state index is 13.8. The largest absolute Gasteiger partial charge is 0.351 e. The van der Waals surface area contributed by atoms with Gasteiger partial charge in [-0.05, 0) is 61.1 Å². The molecule has 0 unspecified atom stereocenters. The number of nitrogens with zero attached hydrogens (tertiary/aromatic N) is 7. The van der Waals surface area contributed by atoms with E-state index in [0.717, 1.165) is 64.5 Å². The molecule has 0 radical (unpaired) electrons. The summed E-state index contributed by atoms with van der Waals surface area (Å²) in [5.41, 5.74) is 6.72. The number of H-pyrrole nitrogens is 1. The van der Waals surface area contributed by atoms with Crippen LogP contribution in [0.5, 0.6) is 0 Å². The Morgan fingerprint density at radius 2 is 1.77 bits per heavy atom. The molecule has 0 aliphatic heterocycles. The van der Waals surface area contributed by atoms with Gasteiger partial charge in [-0.15, -0.1) is 0 Å². The summed E-state index contributed by atoms with van der Waals surface area (Å²) >= 11 is 0. The standard InChI is InChI=1S/C36H34N10O/c1-45-23-29(22-41-45)25-7-12-31(13-8-25)46(36(47)39-19-24-5-3-2-4-6-24)32-14-10-30(11-15-32)42-35-38-20-28(18-37)34(43-35)26-9-16-33-27(17-26)21-40-44-33/h2-9,12-13,16-17,20-23,30,32H,10-11,14-15,19H2,1H3,(H,39,47)(H,40,44)(H,38,42,43)/t30-,32-. The van der Waals surface area contributed by atoms with Crippen molar-refractivity contribution in [3.63, 3.8) is 0 Å². The van der Waals surface area contributed by atoms with Crippen LogP contribution in [0, 0.1) is 11.3 Å². The highest BCUT2D eigenvalue weighted by Gasteiger charge is 2.30. The molecule has 1 saturated carbocycles. The van der Waals surface area contributed by atoms with Crippen molar-refractivity contribution in [2.45, 2.75) is 44.3 Å². The lowest BCUT2D eigenvalue weighted by Gasteiger charge is -2.37. The fourth-order valence-corrected chi connectivity index (χ4v) is 6.24. The Hall–Kier alpha value is -6.02. The van der Waals surface area contributed by atoms with Gasteiger partial charge in [0.2, 0.25) is 5.95 Å². The van der Waals surface area contributed by atoms with E-state index in [2.05, 4.69) is 37.0 Å². The van der Waals surface area contributed by atoms with Gasteiger partial charge >= 0.3 is 6.03 Å². The minimum absolute atomic E-state index is 0.0206. The van der Waals surface area contributed by atoms with Crippen LogP contribution in [0.25, 0.3) is 33.3 Å². The monoisotopic (exact) mass is 622 g/mol. The first-order valence-corrected chi connectivity index (χ1v) is 15.7. The van der Waals surface area contributed by atoms with E-state index >= 15 is 0 Å². The van der Waals surface area contributed by atoms with Crippen LogP contribution in [0.15, 0.2) is 97.6 Å². The second-order valence-electron chi connectivity index (χ2n) is 11.9. The molecule has 0 spiro atoms. The molecule has 7 rings (SSSR count). The van der Waals surface area contributed by atoms with Crippen molar-refractivity contribution >= 4 is 28.6 Å². The number of rotatable bonds is 8. The minimum atomic E-state index is -0.117. The summed E-state index contributed by atoms with van der Waals surface area (Å²) in [4.78, 5) is 24.9. The Bertz CT molecular complexity index is 2040. The van der Waals surface area contributed by atoms with Crippen molar-refractivity contribution in [2.75, 3.05) is 10.2 Å². The van der Waals surface area contributed by atoms with Gasteiger partial charge in [0.1, 0.15) is 6.07 Å². The number of anilines is 2. The number of amides is 2. The number of aryl methyl sites for hydroxylation is 1. The molecule has 47 heavy (non-hydrogen) atoms. The van der Waals surface area contributed by atoms with E-state index in [4.69, 9.17) is 4.98 Å². The van der Waals surface area contributed by atoms with Gasteiger partial charge < -0.3 is 10.6 Å². The molecule has 0 saturated heterocycles. The zero-order chi connectivity index (χ0) is 32.2. The number of carbonyl (C=O) groups is 1. The average Bonchev–Trinajstić information content (AvgIpc) is 3.77. The van der Waals surface area contributed by atoms with Crippen molar-refractivity contribution in [3.05, 3.63) is 109 Å². The van der Waals surface area contributed by atoms with Gasteiger partial charge in [-0.3, -0.25) is 14.7 Å². The van der Waals surface area contributed by atoms with Gasteiger partial charge in [0.25, 0.3) is 0 Å². The molecule has 11 nitrogen and oxygen atoms in total. The van der Waals surface area contributed by atoms with Crippen LogP contribution >= 0.6 is 0 Å². The number of aromatic amines is 1. The zero-order valence-corrected chi connectivity index (χ0v) is 26.0. The van der Waals surface area contributed by atoms with E-state index in [-0.39, 0.29) is 18.1 Å². The lowest BCUT2D eigenvalue weighted by Crippen LogP contribution is -2.48. The molecular weight excluding hydrogens is 588 g/mol. The molecule has 3 heterocycles. The van der Waals surface area contributed by atoms with Crippen molar-refractivity contribution < 1.29 is 4.79 Å². The van der Waals surface area contributed by atoms with Crippen LogP contribution in [0.4, 0.5) is 16.4 Å². The SMILES string of the molecule is Cn1cc(-c2ccc(N(C(=O)NCc3ccccc3)[C@H]3CC[C@H](Nc4ncc(C#N)c(-c5ccc6[nH]ncc6c5)n4)CC3)cc2)cn1. The van der Waals surface area contributed by atoms with Gasteiger partial charge in [-0.25, -0.2) is 14.8 Å². The number of nitrogens with one attached hydrogen (secondary N) is 3. The topological polar surface area (TPSA) is 140 Å². The third-order valence-corrected chi connectivity index (χ3v) is 8.71. The molecule has 1 aliphatic carbocycles. The summed E-state index contributed by atoms with van der Waals surface area (Å²) in [6.07, 6.45) is 10.4. The van der Waals surface area contributed by atoms with Gasteiger partial charge in [-0.1, -0.05) is 48.5 Å². The fraction of sp³-hybridized carbons (Fsp3) is 0.222. The van der Waals surface area contributed by atoms with E-state index in [1.807, 2.05) is 97.1 Å². The lowest BCUT2D eigenvalue weighted by molar-refractivity contribution is 0.240. The van der Waals surface area contributed by atoms with Crippen LogP contribution in [0.1, 0.15) is 36.8 Å². The fourth-order valence-electron chi connectivity index (χ4n) is 6.24. The molecule has 3 aromatic carbocycles. The van der Waals surface area contributed by atoms with Gasteiger partial charge in [0, 0.05) is 54.1 Å². The highest BCUT2D eigenvalue weighted by atomic mass is 16.2. The van der Waals surface area contributed by atoms with E-state index < -0.39 is 0 Å². The second kappa shape index (κ2) is 13.1. The summed E-state index contributed by atoms with van der Waals surface area (Å²) in [5, 5.41) is 28.7.